The number of anilines is 1. The quantitative estimate of drug-likeness (QED) is 0.745. The van der Waals surface area contributed by atoms with Crippen LogP contribution in [0.1, 0.15) is 16.8 Å². The molecule has 0 bridgehead atoms. The van der Waals surface area contributed by atoms with Gasteiger partial charge in [0, 0.05) is 38.3 Å². The van der Waals surface area contributed by atoms with Crippen molar-refractivity contribution in [1.82, 2.24) is 10.2 Å². The molecule has 92 valence electrons. The Kier molecular flexibility index (Phi) is 4.51. The summed E-state index contributed by atoms with van der Waals surface area (Å²) in [5, 5.41) is 2.67. The van der Waals surface area contributed by atoms with Crippen molar-refractivity contribution in [3.05, 3.63) is 29.8 Å². The van der Waals surface area contributed by atoms with Crippen molar-refractivity contribution in [2.24, 2.45) is 0 Å². The Morgan fingerprint density at radius 2 is 2.06 bits per heavy atom. The molecule has 0 aliphatic rings. The predicted octanol–water partition coefficient (Wildman–Crippen LogP) is 0.477. The first-order valence-electron chi connectivity index (χ1n) is 5.34. The number of nitrogen functional groups attached to an aromatic ring is 1. The van der Waals surface area contributed by atoms with E-state index in [9.17, 15) is 9.59 Å². The SMILES string of the molecule is CN(C)C(=O)CCNC(=O)c1cccc(N)c1. The molecule has 0 unspecified atom stereocenters. The molecule has 3 N–H and O–H groups in total. The van der Waals surface area contributed by atoms with Gasteiger partial charge in [-0.05, 0) is 18.2 Å². The molecule has 0 fully saturated rings. The number of benzene rings is 1. The highest BCUT2D eigenvalue weighted by atomic mass is 16.2. The van der Waals surface area contributed by atoms with E-state index in [2.05, 4.69) is 5.32 Å². The lowest BCUT2D eigenvalue weighted by atomic mass is 10.2. The maximum Gasteiger partial charge on any atom is 0.251 e. The highest BCUT2D eigenvalue weighted by Crippen LogP contribution is 2.05. The minimum absolute atomic E-state index is 0.0159. The first kappa shape index (κ1) is 13.0. The van der Waals surface area contributed by atoms with Gasteiger partial charge in [0.15, 0.2) is 0 Å². The second-order valence-corrected chi connectivity index (χ2v) is 3.92. The summed E-state index contributed by atoms with van der Waals surface area (Å²) in [5.41, 5.74) is 6.62. The number of carbonyl (C=O) groups is 2. The number of nitrogens with two attached hydrogens (primary N) is 1. The third kappa shape index (κ3) is 4.14. The number of hydrogen-bond donors (Lipinski definition) is 2. The smallest absolute Gasteiger partial charge is 0.251 e. The van der Waals surface area contributed by atoms with Gasteiger partial charge in [-0.25, -0.2) is 0 Å². The van der Waals surface area contributed by atoms with E-state index in [1.165, 1.54) is 4.90 Å². The number of nitrogens with zero attached hydrogens (tertiary/aromatic N) is 1. The zero-order valence-electron chi connectivity index (χ0n) is 10.1. The maximum atomic E-state index is 11.7. The van der Waals surface area contributed by atoms with Gasteiger partial charge < -0.3 is 16.0 Å². The standard InChI is InChI=1S/C12H17N3O2/c1-15(2)11(16)6-7-14-12(17)9-4-3-5-10(13)8-9/h3-5,8H,6-7,13H2,1-2H3,(H,14,17). The minimum atomic E-state index is -0.219. The molecule has 0 heterocycles. The van der Waals surface area contributed by atoms with Crippen molar-refractivity contribution in [1.29, 1.82) is 0 Å². The van der Waals surface area contributed by atoms with Crippen molar-refractivity contribution >= 4 is 17.5 Å². The first-order chi connectivity index (χ1) is 8.00. The zero-order valence-corrected chi connectivity index (χ0v) is 10.1. The first-order valence-corrected chi connectivity index (χ1v) is 5.34. The van der Waals surface area contributed by atoms with E-state index in [0.29, 0.717) is 24.2 Å². The van der Waals surface area contributed by atoms with Crippen LogP contribution in [0, 0.1) is 0 Å². The average molecular weight is 235 g/mol. The largest absolute Gasteiger partial charge is 0.399 e. The van der Waals surface area contributed by atoms with Gasteiger partial charge in [-0.2, -0.15) is 0 Å². The summed E-state index contributed by atoms with van der Waals surface area (Å²) in [6, 6.07) is 6.71. The Morgan fingerprint density at radius 1 is 1.35 bits per heavy atom. The molecule has 1 aromatic rings. The summed E-state index contributed by atoms with van der Waals surface area (Å²) in [7, 11) is 3.37. The van der Waals surface area contributed by atoms with Crippen molar-refractivity contribution in [2.75, 3.05) is 26.4 Å². The molecule has 5 heteroatoms. The van der Waals surface area contributed by atoms with E-state index in [-0.39, 0.29) is 11.8 Å². The molecule has 0 atom stereocenters. The molecule has 2 amide bonds. The second-order valence-electron chi connectivity index (χ2n) is 3.92. The van der Waals surface area contributed by atoms with Gasteiger partial charge in [0.25, 0.3) is 5.91 Å². The van der Waals surface area contributed by atoms with Crippen molar-refractivity contribution in [3.8, 4) is 0 Å². The Morgan fingerprint density at radius 3 is 2.65 bits per heavy atom. The Labute approximate surface area is 101 Å². The Bertz CT molecular complexity index is 416. The van der Waals surface area contributed by atoms with E-state index in [1.54, 1.807) is 38.4 Å². The van der Waals surface area contributed by atoms with Crippen LogP contribution in [0.3, 0.4) is 0 Å². The fourth-order valence-electron chi connectivity index (χ4n) is 1.29. The molecule has 1 rings (SSSR count). The van der Waals surface area contributed by atoms with Gasteiger partial charge in [-0.15, -0.1) is 0 Å². The summed E-state index contributed by atoms with van der Waals surface area (Å²) in [6.07, 6.45) is 0.293. The van der Waals surface area contributed by atoms with Crippen LogP contribution in [0.25, 0.3) is 0 Å². The normalized spacial score (nSPS) is 9.76. The number of hydrogen-bond acceptors (Lipinski definition) is 3. The second kappa shape index (κ2) is 5.89. The average Bonchev–Trinajstić information content (AvgIpc) is 2.28. The Balaban J connectivity index is 2.43. The predicted molar refractivity (Wildman–Crippen MR) is 66.5 cm³/mol. The van der Waals surface area contributed by atoms with E-state index < -0.39 is 0 Å². The molecule has 0 saturated carbocycles. The van der Waals surface area contributed by atoms with Crippen LogP contribution in [0.2, 0.25) is 0 Å². The highest BCUT2D eigenvalue weighted by molar-refractivity contribution is 5.95. The number of carbonyl (C=O) groups excluding carboxylic acids is 2. The van der Waals surface area contributed by atoms with Gasteiger partial charge in [-0.1, -0.05) is 6.07 Å². The molecular weight excluding hydrogens is 218 g/mol. The monoisotopic (exact) mass is 235 g/mol. The lowest BCUT2D eigenvalue weighted by Gasteiger charge is -2.10. The summed E-state index contributed by atoms with van der Waals surface area (Å²) in [4.78, 5) is 24.4. The number of amides is 2. The summed E-state index contributed by atoms with van der Waals surface area (Å²) in [5.74, 6) is -0.235. The summed E-state index contributed by atoms with van der Waals surface area (Å²) < 4.78 is 0. The molecule has 0 aromatic heterocycles. The topological polar surface area (TPSA) is 75.4 Å². The maximum absolute atomic E-state index is 11.7. The van der Waals surface area contributed by atoms with Gasteiger partial charge in [-0.3, -0.25) is 9.59 Å². The van der Waals surface area contributed by atoms with Gasteiger partial charge in [0.05, 0.1) is 0 Å². The molecular formula is C12H17N3O2. The highest BCUT2D eigenvalue weighted by Gasteiger charge is 2.07. The summed E-state index contributed by atoms with van der Waals surface area (Å²) >= 11 is 0. The molecule has 0 spiro atoms. The molecule has 0 aliphatic heterocycles. The van der Waals surface area contributed by atoms with Crippen molar-refractivity contribution in [3.63, 3.8) is 0 Å². The molecule has 1 aromatic carbocycles. The van der Waals surface area contributed by atoms with Crippen LogP contribution < -0.4 is 11.1 Å². The fraction of sp³-hybridized carbons (Fsp3) is 0.333. The molecule has 5 nitrogen and oxygen atoms in total. The van der Waals surface area contributed by atoms with Crippen LogP contribution in [-0.4, -0.2) is 37.4 Å². The molecule has 0 radical (unpaired) electrons. The lowest BCUT2D eigenvalue weighted by Crippen LogP contribution is -2.30. The van der Waals surface area contributed by atoms with Crippen LogP contribution in [0.4, 0.5) is 5.69 Å². The number of nitrogens with one attached hydrogen (secondary N) is 1. The van der Waals surface area contributed by atoms with Crippen LogP contribution in [-0.2, 0) is 4.79 Å². The minimum Gasteiger partial charge on any atom is -0.399 e. The van der Waals surface area contributed by atoms with Crippen LogP contribution >= 0.6 is 0 Å². The third-order valence-electron chi connectivity index (χ3n) is 2.27. The van der Waals surface area contributed by atoms with E-state index >= 15 is 0 Å². The number of rotatable bonds is 4. The molecule has 17 heavy (non-hydrogen) atoms. The van der Waals surface area contributed by atoms with Crippen molar-refractivity contribution < 1.29 is 9.59 Å². The third-order valence-corrected chi connectivity index (χ3v) is 2.27. The van der Waals surface area contributed by atoms with Crippen LogP contribution in [0.5, 0.6) is 0 Å². The molecule has 0 saturated heterocycles. The fourth-order valence-corrected chi connectivity index (χ4v) is 1.29. The van der Waals surface area contributed by atoms with E-state index in [1.807, 2.05) is 0 Å². The van der Waals surface area contributed by atoms with Gasteiger partial charge >= 0.3 is 0 Å². The van der Waals surface area contributed by atoms with Gasteiger partial charge in [0.1, 0.15) is 0 Å². The van der Waals surface area contributed by atoms with E-state index in [0.717, 1.165) is 0 Å². The lowest BCUT2D eigenvalue weighted by molar-refractivity contribution is -0.128. The zero-order chi connectivity index (χ0) is 12.8. The van der Waals surface area contributed by atoms with Gasteiger partial charge in [0.2, 0.25) is 5.91 Å². The molecule has 0 aliphatic carbocycles. The van der Waals surface area contributed by atoms with E-state index in [4.69, 9.17) is 5.73 Å². The summed E-state index contributed by atoms with van der Waals surface area (Å²) in [6.45, 7) is 0.324. The van der Waals surface area contributed by atoms with Crippen LogP contribution in [0.15, 0.2) is 24.3 Å². The van der Waals surface area contributed by atoms with Crippen molar-refractivity contribution in [2.45, 2.75) is 6.42 Å². The Hall–Kier alpha value is -2.04.